The van der Waals surface area contributed by atoms with Crippen LogP contribution in [0.25, 0.3) is 0 Å². The molecule has 0 saturated carbocycles. The highest BCUT2D eigenvalue weighted by Gasteiger charge is 2.30. The number of piperazine rings is 1. The van der Waals surface area contributed by atoms with Crippen LogP contribution in [0, 0.1) is 0 Å². The van der Waals surface area contributed by atoms with Gasteiger partial charge in [-0.2, -0.15) is 0 Å². The first kappa shape index (κ1) is 25.8. The van der Waals surface area contributed by atoms with E-state index in [0.717, 1.165) is 37.5 Å². The summed E-state index contributed by atoms with van der Waals surface area (Å²) in [6.45, 7) is 6.45. The maximum atomic E-state index is 12.5. The molecule has 8 nitrogen and oxygen atoms in total. The van der Waals surface area contributed by atoms with Crippen LogP contribution in [0.1, 0.15) is 25.3 Å². The first-order chi connectivity index (χ1) is 14.6. The number of ether oxygens (including phenoxy) is 3. The highest BCUT2D eigenvalue weighted by molar-refractivity contribution is 14.0. The maximum Gasteiger partial charge on any atom is 0.251 e. The number of nitrogens with zero attached hydrogens (tertiary/aromatic N) is 3. The topological polar surface area (TPSA) is 75.6 Å². The molecule has 1 aromatic rings. The predicted molar refractivity (Wildman–Crippen MR) is 132 cm³/mol. The minimum Gasteiger partial charge on any atom is -0.493 e. The van der Waals surface area contributed by atoms with Gasteiger partial charge in [-0.05, 0) is 37.5 Å². The van der Waals surface area contributed by atoms with Crippen LogP contribution in [0.4, 0.5) is 0 Å². The summed E-state index contributed by atoms with van der Waals surface area (Å²) >= 11 is 6.37. The van der Waals surface area contributed by atoms with Gasteiger partial charge in [0.1, 0.15) is 6.10 Å². The third-order valence-corrected chi connectivity index (χ3v) is 5.62. The molecule has 0 aliphatic carbocycles. The molecule has 2 saturated heterocycles. The van der Waals surface area contributed by atoms with Gasteiger partial charge in [-0.25, -0.2) is 0 Å². The molecule has 10 heteroatoms. The second-order valence-electron chi connectivity index (χ2n) is 7.26. The highest BCUT2D eigenvalue weighted by atomic mass is 127. The van der Waals surface area contributed by atoms with Gasteiger partial charge in [0.05, 0.1) is 18.7 Å². The normalized spacial score (nSPS) is 19.1. The third kappa shape index (κ3) is 6.52. The third-order valence-electron chi connectivity index (χ3n) is 5.34. The monoisotopic (exact) mass is 566 g/mol. The van der Waals surface area contributed by atoms with Crippen LogP contribution in [-0.4, -0.2) is 81.3 Å². The van der Waals surface area contributed by atoms with Gasteiger partial charge in [0.2, 0.25) is 0 Å². The number of amides is 1. The number of carbonyl (C=O) groups excluding carboxylic acids is 1. The lowest BCUT2D eigenvalue weighted by molar-refractivity contribution is -0.142. The van der Waals surface area contributed by atoms with Gasteiger partial charge in [0, 0.05) is 46.4 Å². The minimum absolute atomic E-state index is 0. The highest BCUT2D eigenvalue weighted by Crippen LogP contribution is 2.36. The Morgan fingerprint density at radius 1 is 1.29 bits per heavy atom. The summed E-state index contributed by atoms with van der Waals surface area (Å²) in [6.07, 6.45) is 1.54. The molecule has 1 aromatic carbocycles. The summed E-state index contributed by atoms with van der Waals surface area (Å²) in [5.74, 6) is 2.08. The molecule has 1 N–H and O–H groups in total. The number of carbonyl (C=O) groups is 1. The second-order valence-corrected chi connectivity index (χ2v) is 7.66. The molecule has 174 valence electrons. The number of hydrogen-bond donors (Lipinski definition) is 1. The lowest BCUT2D eigenvalue weighted by Gasteiger charge is -2.37. The smallest absolute Gasteiger partial charge is 0.251 e. The number of nitrogens with one attached hydrogen (secondary N) is 1. The molecule has 0 radical (unpaired) electrons. The number of benzene rings is 1. The van der Waals surface area contributed by atoms with E-state index < -0.39 is 0 Å². The molecular weight excluding hydrogens is 535 g/mol. The SMILES string of the molecule is CCOc1c(Cl)cc(CNC(=NC)N2CCN(C(=O)C3CCCO3)CC2)cc1OC.I. The van der Waals surface area contributed by atoms with E-state index in [1.54, 1.807) is 14.2 Å². The molecule has 0 bridgehead atoms. The van der Waals surface area contributed by atoms with Gasteiger partial charge < -0.3 is 29.3 Å². The number of methoxy groups -OCH3 is 1. The number of guanidine groups is 1. The Balaban J connectivity index is 0.00000341. The summed E-state index contributed by atoms with van der Waals surface area (Å²) in [5.41, 5.74) is 0.966. The lowest BCUT2D eigenvalue weighted by atomic mass is 10.2. The van der Waals surface area contributed by atoms with E-state index in [0.29, 0.717) is 49.4 Å². The molecule has 3 rings (SSSR count). The van der Waals surface area contributed by atoms with E-state index in [2.05, 4.69) is 15.2 Å². The van der Waals surface area contributed by atoms with E-state index in [4.69, 9.17) is 25.8 Å². The zero-order chi connectivity index (χ0) is 21.5. The van der Waals surface area contributed by atoms with Crippen LogP contribution < -0.4 is 14.8 Å². The predicted octanol–water partition coefficient (Wildman–Crippen LogP) is 2.76. The summed E-state index contributed by atoms with van der Waals surface area (Å²) in [6, 6.07) is 3.78. The minimum atomic E-state index is -0.256. The van der Waals surface area contributed by atoms with E-state index in [-0.39, 0.29) is 36.0 Å². The average Bonchev–Trinajstić information content (AvgIpc) is 3.30. The van der Waals surface area contributed by atoms with Crippen molar-refractivity contribution < 1.29 is 19.0 Å². The second kappa shape index (κ2) is 12.5. The van der Waals surface area contributed by atoms with E-state index >= 15 is 0 Å². The van der Waals surface area contributed by atoms with Crippen molar-refractivity contribution in [2.24, 2.45) is 4.99 Å². The molecule has 31 heavy (non-hydrogen) atoms. The summed E-state index contributed by atoms with van der Waals surface area (Å²) in [4.78, 5) is 21.0. The van der Waals surface area contributed by atoms with Crippen molar-refractivity contribution in [3.63, 3.8) is 0 Å². The fourth-order valence-corrected chi connectivity index (χ4v) is 4.08. The molecule has 0 aromatic heterocycles. The summed E-state index contributed by atoms with van der Waals surface area (Å²) in [7, 11) is 3.36. The lowest BCUT2D eigenvalue weighted by Crippen LogP contribution is -2.55. The first-order valence-corrected chi connectivity index (χ1v) is 10.8. The molecule has 2 fully saturated rings. The Labute approximate surface area is 206 Å². The van der Waals surface area contributed by atoms with Gasteiger partial charge in [0.25, 0.3) is 5.91 Å². The standard InChI is InChI=1S/C21H31ClN4O4.HI/c1-4-29-19-16(22)12-15(13-18(19)28-3)14-24-21(23-2)26-9-7-25(8-10-26)20(27)17-6-5-11-30-17;/h12-13,17H,4-11,14H2,1-3H3,(H,23,24);1H. The Bertz CT molecular complexity index is 766. The van der Waals surface area contributed by atoms with Crippen molar-refractivity contribution in [3.05, 3.63) is 22.7 Å². The van der Waals surface area contributed by atoms with Gasteiger partial charge in [-0.1, -0.05) is 11.6 Å². The van der Waals surface area contributed by atoms with Crippen molar-refractivity contribution in [2.75, 3.05) is 53.6 Å². The van der Waals surface area contributed by atoms with Crippen molar-refractivity contribution in [3.8, 4) is 11.5 Å². The average molecular weight is 567 g/mol. The quantitative estimate of drug-likeness (QED) is 0.324. The largest absolute Gasteiger partial charge is 0.493 e. The van der Waals surface area contributed by atoms with E-state index in [1.165, 1.54) is 0 Å². The van der Waals surface area contributed by atoms with Crippen LogP contribution in [0.2, 0.25) is 5.02 Å². The molecule has 1 unspecified atom stereocenters. The van der Waals surface area contributed by atoms with E-state index in [1.807, 2.05) is 24.0 Å². The van der Waals surface area contributed by atoms with Crippen molar-refractivity contribution >= 4 is 47.4 Å². The Morgan fingerprint density at radius 2 is 2.00 bits per heavy atom. The van der Waals surface area contributed by atoms with Crippen molar-refractivity contribution in [1.29, 1.82) is 0 Å². The van der Waals surface area contributed by atoms with Crippen LogP contribution in [-0.2, 0) is 16.1 Å². The molecule has 1 atom stereocenters. The van der Waals surface area contributed by atoms with Crippen molar-refractivity contribution in [2.45, 2.75) is 32.4 Å². The van der Waals surface area contributed by atoms with Crippen LogP contribution in [0.15, 0.2) is 17.1 Å². The zero-order valence-corrected chi connectivity index (χ0v) is 21.4. The van der Waals surface area contributed by atoms with E-state index in [9.17, 15) is 4.79 Å². The Kier molecular flexibility index (Phi) is 10.4. The zero-order valence-electron chi connectivity index (χ0n) is 18.4. The van der Waals surface area contributed by atoms with Gasteiger partial charge in [0.15, 0.2) is 17.5 Å². The molecule has 2 aliphatic heterocycles. The Hall–Kier alpha value is -1.46. The number of aliphatic imine (C=N–C) groups is 1. The summed E-state index contributed by atoms with van der Waals surface area (Å²) < 4.78 is 16.5. The van der Waals surface area contributed by atoms with Crippen molar-refractivity contribution in [1.82, 2.24) is 15.1 Å². The number of hydrogen-bond acceptors (Lipinski definition) is 5. The summed E-state index contributed by atoms with van der Waals surface area (Å²) in [5, 5.41) is 3.90. The fraction of sp³-hybridized carbons (Fsp3) is 0.619. The molecule has 2 heterocycles. The molecule has 2 aliphatic rings. The fourth-order valence-electron chi connectivity index (χ4n) is 3.79. The first-order valence-electron chi connectivity index (χ1n) is 10.4. The molecular formula is C21H32ClIN4O4. The number of rotatable bonds is 6. The maximum absolute atomic E-state index is 12.5. The van der Waals surface area contributed by atoms with Gasteiger partial charge in [-0.3, -0.25) is 9.79 Å². The number of halogens is 2. The van der Waals surface area contributed by atoms with Crippen LogP contribution >= 0.6 is 35.6 Å². The Morgan fingerprint density at radius 3 is 2.58 bits per heavy atom. The molecule has 1 amide bonds. The molecule has 0 spiro atoms. The van der Waals surface area contributed by atoms with Gasteiger partial charge >= 0.3 is 0 Å². The van der Waals surface area contributed by atoms with Gasteiger partial charge in [-0.15, -0.1) is 24.0 Å². The van der Waals surface area contributed by atoms with Crippen LogP contribution in [0.3, 0.4) is 0 Å². The van der Waals surface area contributed by atoms with Crippen LogP contribution in [0.5, 0.6) is 11.5 Å².